The second kappa shape index (κ2) is 6.04. The number of halogens is 3. The molecule has 1 heterocycles. The Morgan fingerprint density at radius 1 is 1.17 bits per heavy atom. The van der Waals surface area contributed by atoms with Gasteiger partial charge in [-0.3, -0.25) is 0 Å². The van der Waals surface area contributed by atoms with Gasteiger partial charge in [-0.15, -0.1) is 11.3 Å². The van der Waals surface area contributed by atoms with Crippen LogP contribution in [-0.4, -0.2) is 18.3 Å². The molecule has 1 aromatic rings. The monoisotopic (exact) mass is 281 g/mol. The first kappa shape index (κ1) is 15.5. The summed E-state index contributed by atoms with van der Waals surface area (Å²) in [6.45, 7) is 5.73. The summed E-state index contributed by atoms with van der Waals surface area (Å²) in [5.41, 5.74) is 0.0247. The van der Waals surface area contributed by atoms with Crippen molar-refractivity contribution in [1.82, 2.24) is 5.32 Å². The second-order valence-electron chi connectivity index (χ2n) is 5.08. The highest BCUT2D eigenvalue weighted by molar-refractivity contribution is 7.11. The first-order valence-corrected chi connectivity index (χ1v) is 6.44. The lowest BCUT2D eigenvalue weighted by molar-refractivity contribution is -0.176. The smallest absolute Gasteiger partial charge is 0.367 e. The van der Waals surface area contributed by atoms with E-state index in [1.165, 1.54) is 11.3 Å². The lowest BCUT2D eigenvalue weighted by Crippen LogP contribution is -2.34. The second-order valence-corrected chi connectivity index (χ2v) is 6.33. The van der Waals surface area contributed by atoms with E-state index in [2.05, 4.69) is 30.8 Å². The molecule has 0 aliphatic carbocycles. The van der Waals surface area contributed by atoms with Gasteiger partial charge in [0.15, 0.2) is 0 Å². The molecular formula is C12H18F3NOS. The van der Waals surface area contributed by atoms with Gasteiger partial charge >= 0.3 is 6.18 Å². The number of hydrogen-bond donors (Lipinski definition) is 1. The average molecular weight is 281 g/mol. The van der Waals surface area contributed by atoms with Crippen LogP contribution in [0.15, 0.2) is 12.1 Å². The Morgan fingerprint density at radius 2 is 1.78 bits per heavy atom. The van der Waals surface area contributed by atoms with Crippen LogP contribution in [-0.2, 0) is 17.9 Å². The maximum absolute atomic E-state index is 11.9. The molecule has 1 N–H and O–H groups in total. The Kier molecular flexibility index (Phi) is 5.19. The zero-order valence-corrected chi connectivity index (χ0v) is 11.5. The van der Waals surface area contributed by atoms with Gasteiger partial charge in [-0.25, -0.2) is 0 Å². The van der Waals surface area contributed by atoms with Gasteiger partial charge in [0, 0.05) is 21.8 Å². The molecule has 0 aliphatic rings. The molecule has 0 aromatic carbocycles. The fourth-order valence-electron chi connectivity index (χ4n) is 1.21. The normalized spacial score (nSPS) is 13.0. The topological polar surface area (TPSA) is 21.3 Å². The molecule has 104 valence electrons. The molecule has 6 heteroatoms. The molecule has 0 amide bonds. The minimum Gasteiger partial charge on any atom is -0.367 e. The highest BCUT2D eigenvalue weighted by atomic mass is 32.1. The molecule has 1 aromatic heterocycles. The highest BCUT2D eigenvalue weighted by Crippen LogP contribution is 2.20. The van der Waals surface area contributed by atoms with E-state index < -0.39 is 12.8 Å². The Bertz CT molecular complexity index is 368. The third-order valence-corrected chi connectivity index (χ3v) is 3.08. The van der Waals surface area contributed by atoms with E-state index in [-0.39, 0.29) is 12.1 Å². The van der Waals surface area contributed by atoms with Crippen LogP contribution in [0, 0.1) is 0 Å². The van der Waals surface area contributed by atoms with Crippen LogP contribution in [0.3, 0.4) is 0 Å². The lowest BCUT2D eigenvalue weighted by atomic mass is 10.1. The van der Waals surface area contributed by atoms with Crippen molar-refractivity contribution in [1.29, 1.82) is 0 Å². The highest BCUT2D eigenvalue weighted by Gasteiger charge is 2.27. The van der Waals surface area contributed by atoms with Gasteiger partial charge in [0.2, 0.25) is 0 Å². The van der Waals surface area contributed by atoms with Crippen LogP contribution in [0.2, 0.25) is 0 Å². The van der Waals surface area contributed by atoms with E-state index in [1.807, 2.05) is 6.07 Å². The summed E-state index contributed by atoms with van der Waals surface area (Å²) >= 11 is 1.47. The minimum absolute atomic E-state index is 0.0136. The fraction of sp³-hybridized carbons (Fsp3) is 0.667. The Balaban J connectivity index is 2.35. The van der Waals surface area contributed by atoms with E-state index in [0.29, 0.717) is 6.54 Å². The molecule has 0 saturated carbocycles. The van der Waals surface area contributed by atoms with Gasteiger partial charge in [0.05, 0.1) is 6.61 Å². The van der Waals surface area contributed by atoms with Gasteiger partial charge < -0.3 is 10.1 Å². The van der Waals surface area contributed by atoms with Crippen molar-refractivity contribution in [2.45, 2.75) is 45.6 Å². The van der Waals surface area contributed by atoms with Crippen molar-refractivity contribution in [3.8, 4) is 0 Å². The van der Waals surface area contributed by atoms with Crippen LogP contribution < -0.4 is 5.32 Å². The van der Waals surface area contributed by atoms with Gasteiger partial charge in [0.1, 0.15) is 6.61 Å². The summed E-state index contributed by atoms with van der Waals surface area (Å²) in [6, 6.07) is 3.72. The summed E-state index contributed by atoms with van der Waals surface area (Å²) in [6.07, 6.45) is -4.26. The number of hydrogen-bond acceptors (Lipinski definition) is 3. The lowest BCUT2D eigenvalue weighted by Gasteiger charge is -2.19. The summed E-state index contributed by atoms with van der Waals surface area (Å²) in [5, 5.41) is 3.32. The van der Waals surface area contributed by atoms with Crippen LogP contribution in [0.25, 0.3) is 0 Å². The van der Waals surface area contributed by atoms with Crippen molar-refractivity contribution in [2.75, 3.05) is 6.61 Å². The number of thiophene rings is 1. The molecule has 0 spiro atoms. The quantitative estimate of drug-likeness (QED) is 0.888. The maximum Gasteiger partial charge on any atom is 0.411 e. The first-order valence-electron chi connectivity index (χ1n) is 5.63. The Morgan fingerprint density at radius 3 is 2.33 bits per heavy atom. The van der Waals surface area contributed by atoms with Gasteiger partial charge in [0.25, 0.3) is 0 Å². The maximum atomic E-state index is 11.9. The zero-order valence-electron chi connectivity index (χ0n) is 10.7. The van der Waals surface area contributed by atoms with Crippen molar-refractivity contribution in [2.24, 2.45) is 0 Å². The van der Waals surface area contributed by atoms with Crippen LogP contribution >= 0.6 is 11.3 Å². The summed E-state index contributed by atoms with van der Waals surface area (Å²) < 4.78 is 40.3. The predicted octanol–water partition coefficient (Wildman–Crippen LogP) is 3.72. The number of rotatable bonds is 5. The third-order valence-electron chi connectivity index (χ3n) is 2.02. The van der Waals surface area contributed by atoms with Crippen molar-refractivity contribution < 1.29 is 17.9 Å². The average Bonchev–Trinajstić information content (AvgIpc) is 2.60. The van der Waals surface area contributed by atoms with Crippen LogP contribution in [0.1, 0.15) is 30.5 Å². The molecule has 0 fully saturated rings. The minimum atomic E-state index is -4.26. The summed E-state index contributed by atoms with van der Waals surface area (Å²) in [7, 11) is 0. The van der Waals surface area contributed by atoms with E-state index >= 15 is 0 Å². The van der Waals surface area contributed by atoms with E-state index in [1.54, 1.807) is 6.07 Å². The van der Waals surface area contributed by atoms with Crippen molar-refractivity contribution >= 4 is 11.3 Å². The molecule has 1 rings (SSSR count). The first-order chi connectivity index (χ1) is 8.16. The molecule has 2 nitrogen and oxygen atoms in total. The number of ether oxygens (including phenoxy) is 1. The fourth-order valence-corrected chi connectivity index (χ4v) is 2.11. The predicted molar refractivity (Wildman–Crippen MR) is 66.6 cm³/mol. The van der Waals surface area contributed by atoms with E-state index in [0.717, 1.165) is 9.75 Å². The van der Waals surface area contributed by atoms with Crippen molar-refractivity contribution in [3.63, 3.8) is 0 Å². The molecule has 0 unspecified atom stereocenters. The standard InChI is InChI=1S/C12H18F3NOS/c1-11(2,3)16-6-9-4-5-10(18-9)7-17-8-12(13,14)15/h4-5,16H,6-8H2,1-3H3. The van der Waals surface area contributed by atoms with E-state index in [4.69, 9.17) is 0 Å². The Labute approximate surface area is 109 Å². The van der Waals surface area contributed by atoms with E-state index in [9.17, 15) is 13.2 Å². The van der Waals surface area contributed by atoms with Gasteiger partial charge in [-0.05, 0) is 32.9 Å². The third kappa shape index (κ3) is 6.98. The molecule has 0 atom stereocenters. The molecule has 18 heavy (non-hydrogen) atoms. The molecular weight excluding hydrogens is 263 g/mol. The molecule has 0 saturated heterocycles. The molecule has 0 aliphatic heterocycles. The van der Waals surface area contributed by atoms with Crippen LogP contribution in [0.5, 0.6) is 0 Å². The largest absolute Gasteiger partial charge is 0.411 e. The van der Waals surface area contributed by atoms with Crippen LogP contribution in [0.4, 0.5) is 13.2 Å². The Hall–Kier alpha value is -0.590. The number of alkyl halides is 3. The summed E-state index contributed by atoms with van der Waals surface area (Å²) in [4.78, 5) is 1.90. The molecule has 0 radical (unpaired) electrons. The molecule has 0 bridgehead atoms. The summed E-state index contributed by atoms with van der Waals surface area (Å²) in [5.74, 6) is 0. The SMILES string of the molecule is CC(C)(C)NCc1ccc(COCC(F)(F)F)s1. The number of nitrogens with one attached hydrogen (secondary N) is 1. The van der Waals surface area contributed by atoms with Gasteiger partial charge in [-0.1, -0.05) is 0 Å². The van der Waals surface area contributed by atoms with Crippen molar-refractivity contribution in [3.05, 3.63) is 21.9 Å². The van der Waals surface area contributed by atoms with Gasteiger partial charge in [-0.2, -0.15) is 13.2 Å². The zero-order chi connectivity index (χ0) is 13.8.